The summed E-state index contributed by atoms with van der Waals surface area (Å²) in [5.41, 5.74) is 4.32. The first-order chi connectivity index (χ1) is 18.3. The van der Waals surface area contributed by atoms with Crippen molar-refractivity contribution in [2.24, 2.45) is 0 Å². The van der Waals surface area contributed by atoms with Crippen LogP contribution in [-0.2, 0) is 11.8 Å². The number of nitrogens with one attached hydrogen (secondary N) is 1. The van der Waals surface area contributed by atoms with Crippen LogP contribution in [0.5, 0.6) is 5.75 Å². The lowest BCUT2D eigenvalue weighted by molar-refractivity contribution is 0.0643. The molecule has 1 unspecified atom stereocenters. The minimum Gasteiger partial charge on any atom is -0.495 e. The Bertz CT molecular complexity index is 1340. The number of piperazine rings is 1. The van der Waals surface area contributed by atoms with Gasteiger partial charge in [-0.25, -0.2) is 9.97 Å². The van der Waals surface area contributed by atoms with Crippen molar-refractivity contribution in [2.45, 2.75) is 32.1 Å². The van der Waals surface area contributed by atoms with E-state index in [-0.39, 0.29) is 17.9 Å². The molecule has 0 spiro atoms. The second-order valence-corrected chi connectivity index (χ2v) is 10.5. The molecule has 0 radical (unpaired) electrons. The van der Waals surface area contributed by atoms with Gasteiger partial charge >= 0.3 is 0 Å². The topological polar surface area (TPSA) is 104 Å². The fraction of sp³-hybridized carbons (Fsp3) is 0.429. The van der Waals surface area contributed by atoms with Crippen LogP contribution < -0.4 is 10.1 Å². The molecule has 1 saturated heterocycles. The lowest BCUT2D eigenvalue weighted by atomic mass is 9.85. The molecular formula is C28H33ClN6O3. The highest BCUT2D eigenvalue weighted by atomic mass is 35.5. The number of aliphatic hydroxyl groups excluding tert-OH is 1. The van der Waals surface area contributed by atoms with Crippen LogP contribution in [0.25, 0.3) is 11.3 Å². The molecule has 38 heavy (non-hydrogen) atoms. The molecule has 0 saturated carbocycles. The van der Waals surface area contributed by atoms with E-state index >= 15 is 0 Å². The zero-order chi connectivity index (χ0) is 26.9. The second kappa shape index (κ2) is 10.8. The summed E-state index contributed by atoms with van der Waals surface area (Å²) in [5, 5.41) is 13.5. The molecule has 1 amide bonds. The van der Waals surface area contributed by atoms with E-state index in [1.165, 1.54) is 0 Å². The van der Waals surface area contributed by atoms with E-state index in [0.29, 0.717) is 46.8 Å². The van der Waals surface area contributed by atoms with Crippen molar-refractivity contribution >= 4 is 29.1 Å². The lowest BCUT2D eigenvalue weighted by Crippen LogP contribution is -2.48. The monoisotopic (exact) mass is 536 g/mol. The molecule has 1 aromatic carbocycles. The average molecular weight is 537 g/mol. The van der Waals surface area contributed by atoms with E-state index in [2.05, 4.69) is 45.1 Å². The molecule has 5 rings (SSSR count). The summed E-state index contributed by atoms with van der Waals surface area (Å²) in [5.74, 6) is 0.724. The summed E-state index contributed by atoms with van der Waals surface area (Å²) in [4.78, 5) is 31.0. The minimum absolute atomic E-state index is 0.0791. The number of rotatable bonds is 7. The summed E-state index contributed by atoms with van der Waals surface area (Å²) in [6.45, 7) is 8.28. The van der Waals surface area contributed by atoms with Crippen LogP contribution in [0.1, 0.15) is 41.9 Å². The Kier molecular flexibility index (Phi) is 7.52. The fourth-order valence-corrected chi connectivity index (χ4v) is 5.41. The number of pyridine rings is 1. The van der Waals surface area contributed by atoms with Gasteiger partial charge in [0.05, 0.1) is 35.7 Å². The van der Waals surface area contributed by atoms with Gasteiger partial charge in [-0.05, 0) is 49.2 Å². The molecule has 10 heteroatoms. The van der Waals surface area contributed by atoms with Gasteiger partial charge in [-0.15, -0.1) is 0 Å². The quantitative estimate of drug-likeness (QED) is 0.468. The van der Waals surface area contributed by atoms with E-state index in [1.807, 2.05) is 17.2 Å². The molecule has 3 heterocycles. The van der Waals surface area contributed by atoms with Gasteiger partial charge in [-0.1, -0.05) is 25.4 Å². The standard InChI is InChI=1S/C28H33ClN6O3/c1-4-34-9-11-35(12-10-34)26(37)19-14-25(38-3)24(15-21(19)29)33-27-30-8-6-22(32-27)18-13-20-23(31-16-18)5-7-28(20,2)17-36/h6,8,13-16,36H,4-5,7,9-12,17H2,1-3H3,(H,30,32,33). The van der Waals surface area contributed by atoms with Gasteiger partial charge in [0.25, 0.3) is 5.91 Å². The smallest absolute Gasteiger partial charge is 0.255 e. The molecule has 2 N–H and O–H groups in total. The number of nitrogens with zero attached hydrogens (tertiary/aromatic N) is 5. The summed E-state index contributed by atoms with van der Waals surface area (Å²) in [6.07, 6.45) is 5.22. The maximum atomic E-state index is 13.2. The number of carbonyl (C=O) groups excluding carboxylic acids is 1. The first-order valence-electron chi connectivity index (χ1n) is 12.9. The maximum Gasteiger partial charge on any atom is 0.255 e. The van der Waals surface area contributed by atoms with Crippen LogP contribution >= 0.6 is 11.6 Å². The number of anilines is 2. The van der Waals surface area contributed by atoms with Gasteiger partial charge in [-0.3, -0.25) is 9.78 Å². The summed E-state index contributed by atoms with van der Waals surface area (Å²) in [6, 6.07) is 7.23. The Balaban J connectivity index is 1.38. The van der Waals surface area contributed by atoms with E-state index in [9.17, 15) is 9.90 Å². The molecule has 200 valence electrons. The Hall–Kier alpha value is -3.27. The summed E-state index contributed by atoms with van der Waals surface area (Å²) in [7, 11) is 1.55. The molecule has 1 fully saturated rings. The highest BCUT2D eigenvalue weighted by Crippen LogP contribution is 2.39. The number of aryl methyl sites for hydroxylation is 1. The molecule has 2 aromatic heterocycles. The summed E-state index contributed by atoms with van der Waals surface area (Å²) >= 11 is 6.59. The number of aromatic nitrogens is 3. The van der Waals surface area contributed by atoms with Crippen LogP contribution in [0, 0.1) is 0 Å². The molecule has 2 aliphatic rings. The van der Waals surface area contributed by atoms with Crippen molar-refractivity contribution in [2.75, 3.05) is 51.8 Å². The third-order valence-electron chi connectivity index (χ3n) is 7.71. The highest BCUT2D eigenvalue weighted by molar-refractivity contribution is 6.34. The minimum atomic E-state index is -0.292. The molecule has 1 atom stereocenters. The Morgan fingerprint density at radius 2 is 2.00 bits per heavy atom. The zero-order valence-electron chi connectivity index (χ0n) is 22.0. The van der Waals surface area contributed by atoms with Gasteiger partial charge < -0.3 is 25.0 Å². The number of methoxy groups -OCH3 is 1. The van der Waals surface area contributed by atoms with Crippen LogP contribution in [0.3, 0.4) is 0 Å². The van der Waals surface area contributed by atoms with Crippen molar-refractivity contribution in [1.29, 1.82) is 0 Å². The number of ether oxygens (including phenoxy) is 1. The largest absolute Gasteiger partial charge is 0.495 e. The molecule has 1 aliphatic carbocycles. The van der Waals surface area contributed by atoms with Crippen molar-refractivity contribution in [3.8, 4) is 17.0 Å². The van der Waals surface area contributed by atoms with Gasteiger partial charge in [0.1, 0.15) is 5.75 Å². The maximum absolute atomic E-state index is 13.2. The van der Waals surface area contributed by atoms with Gasteiger partial charge in [0.15, 0.2) is 0 Å². The van der Waals surface area contributed by atoms with Crippen LogP contribution in [0.2, 0.25) is 5.02 Å². The normalized spacial score (nSPS) is 19.3. The third-order valence-corrected chi connectivity index (χ3v) is 8.02. The predicted octanol–water partition coefficient (Wildman–Crippen LogP) is 3.92. The lowest BCUT2D eigenvalue weighted by Gasteiger charge is -2.34. The second-order valence-electron chi connectivity index (χ2n) is 10.1. The van der Waals surface area contributed by atoms with E-state index in [1.54, 1.807) is 25.4 Å². The van der Waals surface area contributed by atoms with Gasteiger partial charge in [0.2, 0.25) is 5.95 Å². The van der Waals surface area contributed by atoms with Crippen LogP contribution in [0.4, 0.5) is 11.6 Å². The Labute approximate surface area is 227 Å². The average Bonchev–Trinajstić information content (AvgIpc) is 3.29. The molecular weight excluding hydrogens is 504 g/mol. The third kappa shape index (κ3) is 5.06. The van der Waals surface area contributed by atoms with Crippen molar-refractivity contribution in [3.63, 3.8) is 0 Å². The van der Waals surface area contributed by atoms with Crippen LogP contribution in [-0.4, -0.2) is 82.2 Å². The van der Waals surface area contributed by atoms with Crippen LogP contribution in [0.15, 0.2) is 36.7 Å². The van der Waals surface area contributed by atoms with Crippen molar-refractivity contribution < 1.29 is 14.6 Å². The van der Waals surface area contributed by atoms with Gasteiger partial charge in [0, 0.05) is 55.2 Å². The zero-order valence-corrected chi connectivity index (χ0v) is 22.8. The molecule has 3 aromatic rings. The van der Waals surface area contributed by atoms with Crippen molar-refractivity contribution in [1.82, 2.24) is 24.8 Å². The van der Waals surface area contributed by atoms with Crippen molar-refractivity contribution in [3.05, 3.63) is 58.5 Å². The molecule has 9 nitrogen and oxygen atoms in total. The van der Waals surface area contributed by atoms with E-state index in [0.717, 1.165) is 49.3 Å². The van der Waals surface area contributed by atoms with E-state index in [4.69, 9.17) is 16.3 Å². The molecule has 1 aliphatic heterocycles. The molecule has 0 bridgehead atoms. The SMILES string of the molecule is CCN1CCN(C(=O)c2cc(OC)c(Nc3nccc(-c4cnc5c(c4)C(C)(CO)CC5)n3)cc2Cl)CC1. The number of halogens is 1. The number of hydrogen-bond acceptors (Lipinski definition) is 8. The summed E-state index contributed by atoms with van der Waals surface area (Å²) < 4.78 is 5.60. The number of carbonyl (C=O) groups is 1. The first kappa shape index (κ1) is 26.3. The number of benzene rings is 1. The number of aliphatic hydroxyl groups is 1. The number of amides is 1. The number of hydrogen-bond donors (Lipinski definition) is 2. The Morgan fingerprint density at radius 1 is 1.21 bits per heavy atom. The Morgan fingerprint density at radius 3 is 2.71 bits per heavy atom. The van der Waals surface area contributed by atoms with Gasteiger partial charge in [-0.2, -0.15) is 0 Å². The number of likely N-dealkylation sites (N-methyl/N-ethyl adjacent to an activating group) is 1. The van der Waals surface area contributed by atoms with E-state index < -0.39 is 0 Å². The number of fused-ring (bicyclic) bond motifs is 1. The first-order valence-corrected chi connectivity index (χ1v) is 13.3. The highest BCUT2D eigenvalue weighted by Gasteiger charge is 2.35. The predicted molar refractivity (Wildman–Crippen MR) is 147 cm³/mol. The fourth-order valence-electron chi connectivity index (χ4n) is 5.17.